The maximum absolute atomic E-state index is 13.8. The summed E-state index contributed by atoms with van der Waals surface area (Å²) in [5.74, 6) is -0.655. The van der Waals surface area contributed by atoms with E-state index in [-0.39, 0.29) is 5.82 Å². The van der Waals surface area contributed by atoms with E-state index in [2.05, 4.69) is 20.9 Å². The van der Waals surface area contributed by atoms with Crippen LogP contribution in [-0.4, -0.2) is 23.5 Å². The lowest BCUT2D eigenvalue weighted by atomic mass is 10.0. The molecule has 0 bridgehead atoms. The van der Waals surface area contributed by atoms with Crippen molar-refractivity contribution in [2.24, 2.45) is 5.73 Å². The number of halogens is 2. The standard InChI is InChI=1S/C11H13BrFN3O/c12-7-5-8(13)11(15-6-7)16-4-2-1-3-9(16)10(14)17/h5-6,9H,1-4H2,(H2,14,17). The van der Waals surface area contributed by atoms with Gasteiger partial charge in [0, 0.05) is 17.2 Å². The summed E-state index contributed by atoms with van der Waals surface area (Å²) in [6.45, 7) is 0.610. The monoisotopic (exact) mass is 301 g/mol. The molecule has 2 rings (SSSR count). The average molecular weight is 302 g/mol. The van der Waals surface area contributed by atoms with E-state index < -0.39 is 17.8 Å². The summed E-state index contributed by atoms with van der Waals surface area (Å²) in [4.78, 5) is 17.0. The fourth-order valence-electron chi connectivity index (χ4n) is 2.10. The number of anilines is 1. The van der Waals surface area contributed by atoms with Crippen molar-refractivity contribution in [1.82, 2.24) is 4.98 Å². The van der Waals surface area contributed by atoms with E-state index in [4.69, 9.17) is 5.73 Å². The Morgan fingerprint density at radius 2 is 2.35 bits per heavy atom. The summed E-state index contributed by atoms with van der Waals surface area (Å²) >= 11 is 3.15. The van der Waals surface area contributed by atoms with E-state index >= 15 is 0 Å². The highest BCUT2D eigenvalue weighted by Gasteiger charge is 2.29. The molecule has 2 N–H and O–H groups in total. The van der Waals surface area contributed by atoms with Crippen molar-refractivity contribution in [3.8, 4) is 0 Å². The smallest absolute Gasteiger partial charge is 0.240 e. The van der Waals surface area contributed by atoms with Crippen molar-refractivity contribution < 1.29 is 9.18 Å². The second kappa shape index (κ2) is 5.00. The van der Waals surface area contributed by atoms with Crippen molar-refractivity contribution >= 4 is 27.7 Å². The van der Waals surface area contributed by atoms with Crippen LogP contribution in [0.1, 0.15) is 19.3 Å². The molecule has 1 aromatic heterocycles. The number of amides is 1. The number of carbonyl (C=O) groups is 1. The molecule has 0 aliphatic carbocycles. The van der Waals surface area contributed by atoms with Gasteiger partial charge in [0.2, 0.25) is 5.91 Å². The van der Waals surface area contributed by atoms with Crippen molar-refractivity contribution in [3.05, 3.63) is 22.6 Å². The molecule has 1 atom stereocenters. The summed E-state index contributed by atoms with van der Waals surface area (Å²) in [6.07, 6.45) is 4.03. The first-order chi connectivity index (χ1) is 8.09. The molecule has 1 saturated heterocycles. The Kier molecular flexibility index (Phi) is 3.61. The number of aromatic nitrogens is 1. The molecule has 1 amide bonds. The number of carbonyl (C=O) groups excluding carboxylic acids is 1. The second-order valence-corrected chi connectivity index (χ2v) is 4.98. The molecule has 92 valence electrons. The zero-order valence-electron chi connectivity index (χ0n) is 9.20. The summed E-state index contributed by atoms with van der Waals surface area (Å²) in [5.41, 5.74) is 5.33. The third-order valence-electron chi connectivity index (χ3n) is 2.89. The number of rotatable bonds is 2. The zero-order chi connectivity index (χ0) is 12.4. The molecule has 0 aromatic carbocycles. The van der Waals surface area contributed by atoms with Gasteiger partial charge in [-0.2, -0.15) is 0 Å². The highest BCUT2D eigenvalue weighted by atomic mass is 79.9. The van der Waals surface area contributed by atoms with E-state index in [0.29, 0.717) is 17.4 Å². The lowest BCUT2D eigenvalue weighted by Crippen LogP contribution is -2.48. The number of nitrogens with two attached hydrogens (primary N) is 1. The molecule has 4 nitrogen and oxygen atoms in total. The van der Waals surface area contributed by atoms with Gasteiger partial charge in [0.15, 0.2) is 11.6 Å². The molecule has 2 heterocycles. The largest absolute Gasteiger partial charge is 0.368 e. The van der Waals surface area contributed by atoms with Gasteiger partial charge in [0.05, 0.1) is 0 Å². The second-order valence-electron chi connectivity index (χ2n) is 4.07. The van der Waals surface area contributed by atoms with Gasteiger partial charge in [-0.3, -0.25) is 4.79 Å². The van der Waals surface area contributed by atoms with Gasteiger partial charge in [-0.25, -0.2) is 9.37 Å². The van der Waals surface area contributed by atoms with Gasteiger partial charge in [0.25, 0.3) is 0 Å². The topological polar surface area (TPSA) is 59.2 Å². The van der Waals surface area contributed by atoms with Crippen LogP contribution < -0.4 is 10.6 Å². The Morgan fingerprint density at radius 1 is 1.59 bits per heavy atom. The van der Waals surface area contributed by atoms with Crippen LogP contribution in [0.4, 0.5) is 10.2 Å². The first-order valence-electron chi connectivity index (χ1n) is 5.46. The van der Waals surface area contributed by atoms with Gasteiger partial charge in [-0.05, 0) is 41.3 Å². The Labute approximate surface area is 107 Å². The number of pyridine rings is 1. The van der Waals surface area contributed by atoms with Crippen molar-refractivity contribution in [1.29, 1.82) is 0 Å². The minimum atomic E-state index is -0.452. The highest BCUT2D eigenvalue weighted by Crippen LogP contribution is 2.26. The fraction of sp³-hybridized carbons (Fsp3) is 0.455. The highest BCUT2D eigenvalue weighted by molar-refractivity contribution is 9.10. The van der Waals surface area contributed by atoms with Crippen LogP contribution in [-0.2, 0) is 4.79 Å². The van der Waals surface area contributed by atoms with E-state index in [0.717, 1.165) is 12.8 Å². The van der Waals surface area contributed by atoms with Gasteiger partial charge in [0.1, 0.15) is 6.04 Å². The minimum Gasteiger partial charge on any atom is -0.368 e. The summed E-state index contributed by atoms with van der Waals surface area (Å²) in [6, 6.07) is 0.890. The molecule has 0 radical (unpaired) electrons. The van der Waals surface area contributed by atoms with Gasteiger partial charge >= 0.3 is 0 Å². The van der Waals surface area contributed by atoms with Crippen LogP contribution >= 0.6 is 15.9 Å². The molecule has 6 heteroatoms. The molecular formula is C11H13BrFN3O. The third-order valence-corrected chi connectivity index (χ3v) is 3.33. The molecule has 0 spiro atoms. The number of primary amides is 1. The summed E-state index contributed by atoms with van der Waals surface area (Å²) in [7, 11) is 0. The van der Waals surface area contributed by atoms with E-state index in [1.807, 2.05) is 0 Å². The van der Waals surface area contributed by atoms with Gasteiger partial charge in [-0.1, -0.05) is 0 Å². The van der Waals surface area contributed by atoms with E-state index in [1.165, 1.54) is 12.3 Å². The molecule has 1 unspecified atom stereocenters. The van der Waals surface area contributed by atoms with E-state index in [9.17, 15) is 9.18 Å². The maximum Gasteiger partial charge on any atom is 0.240 e. The van der Waals surface area contributed by atoms with Gasteiger partial charge < -0.3 is 10.6 Å². The lowest BCUT2D eigenvalue weighted by molar-refractivity contribution is -0.119. The van der Waals surface area contributed by atoms with Crippen molar-refractivity contribution in [3.63, 3.8) is 0 Å². The fourth-order valence-corrected chi connectivity index (χ4v) is 2.40. The van der Waals surface area contributed by atoms with Gasteiger partial charge in [-0.15, -0.1) is 0 Å². The number of hydrogen-bond donors (Lipinski definition) is 1. The Morgan fingerprint density at radius 3 is 3.00 bits per heavy atom. The lowest BCUT2D eigenvalue weighted by Gasteiger charge is -2.34. The SMILES string of the molecule is NC(=O)C1CCCCN1c1ncc(Br)cc1F. The normalized spacial score (nSPS) is 20.4. The number of nitrogens with zero attached hydrogens (tertiary/aromatic N) is 2. The van der Waals surface area contributed by atoms with Crippen LogP contribution in [0.2, 0.25) is 0 Å². The van der Waals surface area contributed by atoms with Crippen molar-refractivity contribution in [2.45, 2.75) is 25.3 Å². The minimum absolute atomic E-state index is 0.205. The molecular weight excluding hydrogens is 289 g/mol. The predicted molar refractivity (Wildman–Crippen MR) is 66.1 cm³/mol. The Balaban J connectivity index is 2.32. The summed E-state index contributed by atoms with van der Waals surface area (Å²) in [5, 5.41) is 0. The van der Waals surface area contributed by atoms with E-state index in [1.54, 1.807) is 4.90 Å². The Bertz CT molecular complexity index is 441. The average Bonchev–Trinajstić information content (AvgIpc) is 2.29. The predicted octanol–water partition coefficient (Wildman–Crippen LogP) is 1.83. The number of hydrogen-bond acceptors (Lipinski definition) is 3. The quantitative estimate of drug-likeness (QED) is 0.906. The molecule has 1 fully saturated rings. The zero-order valence-corrected chi connectivity index (χ0v) is 10.8. The molecule has 17 heavy (non-hydrogen) atoms. The third kappa shape index (κ3) is 2.57. The maximum atomic E-state index is 13.8. The molecule has 0 saturated carbocycles. The van der Waals surface area contributed by atoms with Crippen LogP contribution in [0.25, 0.3) is 0 Å². The molecule has 1 aliphatic rings. The van der Waals surface area contributed by atoms with Crippen molar-refractivity contribution in [2.75, 3.05) is 11.4 Å². The first-order valence-corrected chi connectivity index (χ1v) is 6.26. The van der Waals surface area contributed by atoms with Crippen LogP contribution in [0.15, 0.2) is 16.7 Å². The first kappa shape index (κ1) is 12.3. The molecule has 1 aromatic rings. The summed E-state index contributed by atoms with van der Waals surface area (Å²) < 4.78 is 14.4. The number of piperidine rings is 1. The van der Waals surface area contributed by atoms with Crippen LogP contribution in [0.3, 0.4) is 0 Å². The molecule has 1 aliphatic heterocycles. The van der Waals surface area contributed by atoms with Crippen LogP contribution in [0.5, 0.6) is 0 Å². The Hall–Kier alpha value is -1.17. The van der Waals surface area contributed by atoms with Crippen LogP contribution in [0, 0.1) is 5.82 Å².